The van der Waals surface area contributed by atoms with Crippen molar-refractivity contribution >= 4 is 11.0 Å². The Morgan fingerprint density at radius 1 is 0.659 bits per heavy atom. The highest BCUT2D eigenvalue weighted by Crippen LogP contribution is 2.29. The van der Waals surface area contributed by atoms with E-state index in [9.17, 15) is 4.79 Å². The van der Waals surface area contributed by atoms with Crippen LogP contribution in [0.15, 0.2) is 126 Å². The lowest BCUT2D eigenvalue weighted by atomic mass is 10.1. The normalized spacial score (nSPS) is 11.1. The van der Waals surface area contributed by atoms with Crippen LogP contribution in [0.1, 0.15) is 29.2 Å². The summed E-state index contributed by atoms with van der Waals surface area (Å²) in [5.74, 6) is 0.748. The van der Waals surface area contributed by atoms with Crippen LogP contribution in [0.4, 0.5) is 0 Å². The summed E-state index contributed by atoms with van der Waals surface area (Å²) >= 11 is 0. The lowest BCUT2D eigenvalue weighted by Crippen LogP contribution is -2.23. The van der Waals surface area contributed by atoms with Crippen molar-refractivity contribution in [1.82, 2.24) is 14.1 Å². The first-order valence-corrected chi connectivity index (χ1v) is 14.9. The summed E-state index contributed by atoms with van der Waals surface area (Å²) in [6.07, 6.45) is 0.676. The van der Waals surface area contributed by atoms with Gasteiger partial charge in [0.1, 0.15) is 18.9 Å². The lowest BCUT2D eigenvalue weighted by Gasteiger charge is -2.14. The fraction of sp³-hybridized carbons (Fsp3) is 0.189. The molecule has 4 aromatic carbocycles. The smallest absolute Gasteiger partial charge is 0.333 e. The van der Waals surface area contributed by atoms with E-state index in [4.69, 9.17) is 19.2 Å². The number of hydrogen-bond acceptors (Lipinski definition) is 5. The average Bonchev–Trinajstić information content (AvgIpc) is 3.37. The van der Waals surface area contributed by atoms with Crippen LogP contribution < -0.4 is 15.2 Å². The molecule has 0 radical (unpaired) electrons. The highest BCUT2D eigenvalue weighted by atomic mass is 16.5. The van der Waals surface area contributed by atoms with Crippen molar-refractivity contribution in [3.8, 4) is 17.4 Å². The standard InChI is InChI=1S/C37H35N3O4/c1-2-39-35-31(23-24-42-25-28-13-6-3-7-14-28)19-12-20-32(35)40(37(39)41)33-21-22-34(43-26-29-15-8-4-9-16-29)38-36(33)44-27-30-17-10-5-11-18-30/h3-22H,2,23-27H2,1H3. The molecule has 0 aliphatic rings. The Hall–Kier alpha value is -5.14. The SMILES string of the molecule is CCn1c(=O)n(-c2ccc(OCc3ccccc3)nc2OCc2ccccc2)c2cccc(CCOCc3ccccc3)c21. The number of aryl methyl sites for hydroxylation is 1. The zero-order valence-corrected chi connectivity index (χ0v) is 24.8. The predicted octanol–water partition coefficient (Wildman–Crippen LogP) is 7.12. The molecule has 0 aliphatic heterocycles. The van der Waals surface area contributed by atoms with E-state index in [-0.39, 0.29) is 5.69 Å². The van der Waals surface area contributed by atoms with E-state index in [0.717, 1.165) is 33.3 Å². The average molecular weight is 586 g/mol. The van der Waals surface area contributed by atoms with Crippen molar-refractivity contribution in [2.45, 2.75) is 39.7 Å². The Morgan fingerprint density at radius 3 is 1.91 bits per heavy atom. The van der Waals surface area contributed by atoms with Crippen LogP contribution in [0.25, 0.3) is 16.7 Å². The minimum Gasteiger partial charge on any atom is -0.473 e. The maximum absolute atomic E-state index is 14.0. The second kappa shape index (κ2) is 13.9. The minimum atomic E-state index is -0.149. The third kappa shape index (κ3) is 6.58. The minimum absolute atomic E-state index is 0.149. The quantitative estimate of drug-likeness (QED) is 0.135. The lowest BCUT2D eigenvalue weighted by molar-refractivity contribution is 0.124. The molecule has 0 atom stereocenters. The van der Waals surface area contributed by atoms with Crippen LogP contribution in [0.3, 0.4) is 0 Å². The van der Waals surface area contributed by atoms with Crippen molar-refractivity contribution < 1.29 is 14.2 Å². The van der Waals surface area contributed by atoms with Crippen LogP contribution in [0.2, 0.25) is 0 Å². The van der Waals surface area contributed by atoms with Gasteiger partial charge in [0.25, 0.3) is 0 Å². The Labute approximate surface area is 256 Å². The molecular formula is C37H35N3O4. The highest BCUT2D eigenvalue weighted by molar-refractivity contribution is 5.82. The molecule has 0 spiro atoms. The van der Waals surface area contributed by atoms with Gasteiger partial charge in [-0.2, -0.15) is 4.98 Å². The molecule has 0 saturated heterocycles. The van der Waals surface area contributed by atoms with Gasteiger partial charge in [0.15, 0.2) is 0 Å². The van der Waals surface area contributed by atoms with Gasteiger partial charge in [-0.25, -0.2) is 4.79 Å². The number of nitrogens with zero attached hydrogens (tertiary/aromatic N) is 3. The van der Waals surface area contributed by atoms with E-state index < -0.39 is 0 Å². The van der Waals surface area contributed by atoms with E-state index in [0.29, 0.717) is 56.8 Å². The second-order valence-corrected chi connectivity index (χ2v) is 10.5. The summed E-state index contributed by atoms with van der Waals surface area (Å²) in [4.78, 5) is 18.7. The van der Waals surface area contributed by atoms with Crippen molar-refractivity contribution in [2.24, 2.45) is 0 Å². The number of para-hydroxylation sites is 1. The van der Waals surface area contributed by atoms with Gasteiger partial charge < -0.3 is 14.2 Å². The molecule has 6 rings (SSSR count). The first-order valence-electron chi connectivity index (χ1n) is 14.9. The van der Waals surface area contributed by atoms with E-state index >= 15 is 0 Å². The first kappa shape index (κ1) is 29.0. The molecule has 0 aliphatic carbocycles. The molecule has 0 fully saturated rings. The Kier molecular flexibility index (Phi) is 9.14. The largest absolute Gasteiger partial charge is 0.473 e. The molecule has 0 unspecified atom stereocenters. The van der Waals surface area contributed by atoms with Crippen LogP contribution in [-0.2, 0) is 37.5 Å². The molecule has 0 amide bonds. The second-order valence-electron chi connectivity index (χ2n) is 10.5. The number of benzene rings is 4. The van der Waals surface area contributed by atoms with Gasteiger partial charge >= 0.3 is 5.69 Å². The van der Waals surface area contributed by atoms with Gasteiger partial charge in [0.05, 0.1) is 24.2 Å². The van der Waals surface area contributed by atoms with Crippen molar-refractivity contribution in [2.75, 3.05) is 6.61 Å². The first-order chi connectivity index (χ1) is 21.7. The summed E-state index contributed by atoms with van der Waals surface area (Å²) in [7, 11) is 0. The molecule has 44 heavy (non-hydrogen) atoms. The number of pyridine rings is 1. The Morgan fingerprint density at radius 2 is 1.27 bits per heavy atom. The van der Waals surface area contributed by atoms with Crippen LogP contribution >= 0.6 is 0 Å². The van der Waals surface area contributed by atoms with Crippen LogP contribution in [0.5, 0.6) is 11.8 Å². The molecule has 2 heterocycles. The van der Waals surface area contributed by atoms with E-state index in [1.54, 1.807) is 10.6 Å². The van der Waals surface area contributed by atoms with Crippen LogP contribution in [-0.4, -0.2) is 20.7 Å². The molecule has 7 heteroatoms. The molecule has 2 aromatic heterocycles. The number of aromatic nitrogens is 3. The zero-order valence-electron chi connectivity index (χ0n) is 24.8. The van der Waals surface area contributed by atoms with E-state index in [1.807, 2.05) is 109 Å². The van der Waals surface area contributed by atoms with E-state index in [1.165, 1.54) is 0 Å². The van der Waals surface area contributed by atoms with Gasteiger partial charge in [0.2, 0.25) is 11.8 Å². The molecule has 222 valence electrons. The summed E-state index contributed by atoms with van der Waals surface area (Å²) < 4.78 is 21.8. The highest BCUT2D eigenvalue weighted by Gasteiger charge is 2.21. The van der Waals surface area contributed by atoms with Gasteiger partial charge in [-0.3, -0.25) is 9.13 Å². The molecule has 6 aromatic rings. The summed E-state index contributed by atoms with van der Waals surface area (Å²) in [6.45, 7) is 4.27. The maximum Gasteiger partial charge on any atom is 0.333 e. The van der Waals surface area contributed by atoms with Gasteiger partial charge in [0, 0.05) is 12.6 Å². The number of fused-ring (bicyclic) bond motifs is 1. The third-order valence-electron chi connectivity index (χ3n) is 7.48. The number of ether oxygens (including phenoxy) is 3. The molecule has 0 N–H and O–H groups in total. The molecule has 0 saturated carbocycles. The van der Waals surface area contributed by atoms with Crippen molar-refractivity contribution in [1.29, 1.82) is 0 Å². The number of hydrogen-bond donors (Lipinski definition) is 0. The Bertz CT molecular complexity index is 1870. The number of imidazole rings is 1. The van der Waals surface area contributed by atoms with Gasteiger partial charge in [-0.05, 0) is 47.7 Å². The molecular weight excluding hydrogens is 550 g/mol. The maximum atomic E-state index is 14.0. The topological polar surface area (TPSA) is 67.5 Å². The predicted molar refractivity (Wildman–Crippen MR) is 172 cm³/mol. The van der Waals surface area contributed by atoms with Crippen molar-refractivity contribution in [3.63, 3.8) is 0 Å². The van der Waals surface area contributed by atoms with Gasteiger partial charge in [-0.15, -0.1) is 0 Å². The fourth-order valence-electron chi connectivity index (χ4n) is 5.29. The molecule has 7 nitrogen and oxygen atoms in total. The summed E-state index contributed by atoms with van der Waals surface area (Å²) in [5, 5.41) is 0. The summed E-state index contributed by atoms with van der Waals surface area (Å²) in [6, 6.07) is 39.6. The number of rotatable bonds is 13. The van der Waals surface area contributed by atoms with E-state index in [2.05, 4.69) is 18.2 Å². The van der Waals surface area contributed by atoms with Crippen molar-refractivity contribution in [3.05, 3.63) is 154 Å². The summed E-state index contributed by atoms with van der Waals surface area (Å²) in [5.41, 5.74) is 6.31. The zero-order chi connectivity index (χ0) is 30.1. The van der Waals surface area contributed by atoms with Crippen LogP contribution in [0, 0.1) is 0 Å². The molecule has 0 bridgehead atoms. The Balaban J connectivity index is 1.33. The third-order valence-corrected chi connectivity index (χ3v) is 7.48. The van der Waals surface area contributed by atoms with Gasteiger partial charge in [-0.1, -0.05) is 103 Å². The fourth-order valence-corrected chi connectivity index (χ4v) is 5.29. The monoisotopic (exact) mass is 585 g/mol.